The molecule has 1 unspecified atom stereocenters. The molecule has 0 aliphatic heterocycles. The summed E-state index contributed by atoms with van der Waals surface area (Å²) in [4.78, 5) is 4.02. The molecule has 1 aromatic heterocycles. The van der Waals surface area contributed by atoms with Gasteiger partial charge >= 0.3 is 0 Å². The summed E-state index contributed by atoms with van der Waals surface area (Å²) in [7, 11) is 1.51. The van der Waals surface area contributed by atoms with Crippen molar-refractivity contribution in [3.63, 3.8) is 0 Å². The van der Waals surface area contributed by atoms with Gasteiger partial charge in [0.25, 0.3) is 0 Å². The van der Waals surface area contributed by atoms with Crippen LogP contribution in [0.1, 0.15) is 5.56 Å². The molecule has 2 aromatic rings. The lowest BCUT2D eigenvalue weighted by atomic mass is 10.0. The van der Waals surface area contributed by atoms with E-state index in [0.717, 1.165) is 9.13 Å². The quantitative estimate of drug-likeness (QED) is 0.562. The van der Waals surface area contributed by atoms with E-state index in [4.69, 9.17) is 21.1 Å². The molecule has 23 heavy (non-hydrogen) atoms. The van der Waals surface area contributed by atoms with E-state index in [1.807, 2.05) is 0 Å². The highest BCUT2D eigenvalue weighted by molar-refractivity contribution is 14.1. The molecule has 1 heterocycles. The number of aromatic nitrogens is 1. The molecule has 0 fully saturated rings. The minimum Gasteiger partial charge on any atom is -0.490 e. The van der Waals surface area contributed by atoms with Crippen LogP contribution in [0.4, 0.5) is 8.78 Å². The van der Waals surface area contributed by atoms with Crippen LogP contribution in [0.25, 0.3) is 0 Å². The molecule has 0 saturated heterocycles. The molecule has 0 aliphatic rings. The van der Waals surface area contributed by atoms with E-state index in [1.165, 1.54) is 13.3 Å². The Bertz CT molecular complexity index is 640. The van der Waals surface area contributed by atoms with Crippen LogP contribution in [0, 0.1) is 9.49 Å². The number of benzene rings is 1. The van der Waals surface area contributed by atoms with Crippen molar-refractivity contribution in [1.29, 1.82) is 0 Å². The van der Waals surface area contributed by atoms with Crippen molar-refractivity contribution in [2.45, 2.75) is 12.8 Å². The van der Waals surface area contributed by atoms with Gasteiger partial charge in [-0.3, -0.25) is 0 Å². The van der Waals surface area contributed by atoms with Gasteiger partial charge in [0.05, 0.1) is 29.4 Å². The van der Waals surface area contributed by atoms with Crippen molar-refractivity contribution in [1.82, 2.24) is 4.98 Å². The van der Waals surface area contributed by atoms with Gasteiger partial charge in [-0.25, -0.2) is 13.8 Å². The molecule has 0 N–H and O–H groups in total. The monoisotopic (exact) mass is 453 g/mol. The second kappa shape index (κ2) is 8.63. The average Bonchev–Trinajstić information content (AvgIpc) is 2.53. The maximum Gasteiger partial charge on any atom is 0.245 e. The van der Waals surface area contributed by atoms with E-state index in [9.17, 15) is 8.78 Å². The Labute approximate surface area is 152 Å². The van der Waals surface area contributed by atoms with Gasteiger partial charge in [-0.2, -0.15) is 0 Å². The van der Waals surface area contributed by atoms with Crippen LogP contribution in [0.5, 0.6) is 11.6 Å². The van der Waals surface area contributed by atoms with Crippen molar-refractivity contribution < 1.29 is 18.3 Å². The van der Waals surface area contributed by atoms with Gasteiger partial charge < -0.3 is 9.47 Å². The highest BCUT2D eigenvalue weighted by atomic mass is 127. The first-order valence-corrected chi connectivity index (χ1v) is 8.30. The van der Waals surface area contributed by atoms with Crippen LogP contribution in [0.15, 0.2) is 36.5 Å². The minimum absolute atomic E-state index is 0.0930. The summed E-state index contributed by atoms with van der Waals surface area (Å²) in [6.45, 7) is -0.0930. The van der Waals surface area contributed by atoms with Crippen molar-refractivity contribution in [2.75, 3.05) is 13.7 Å². The van der Waals surface area contributed by atoms with E-state index >= 15 is 0 Å². The minimum atomic E-state index is -2.48. The van der Waals surface area contributed by atoms with E-state index in [-0.39, 0.29) is 13.0 Å². The second-order valence-electron chi connectivity index (χ2n) is 4.89. The highest BCUT2D eigenvalue weighted by Crippen LogP contribution is 2.25. The van der Waals surface area contributed by atoms with Crippen molar-refractivity contribution in [2.24, 2.45) is 5.92 Å². The number of hydrogen-bond acceptors (Lipinski definition) is 3. The highest BCUT2D eigenvalue weighted by Gasteiger charge is 2.22. The number of ether oxygens (including phenoxy) is 2. The molecule has 7 heteroatoms. The lowest BCUT2D eigenvalue weighted by Gasteiger charge is -2.17. The van der Waals surface area contributed by atoms with Crippen molar-refractivity contribution in [3.8, 4) is 11.6 Å². The third-order valence-corrected chi connectivity index (χ3v) is 4.32. The molecule has 1 aromatic carbocycles. The van der Waals surface area contributed by atoms with Gasteiger partial charge in [-0.1, -0.05) is 23.7 Å². The van der Waals surface area contributed by atoms with Gasteiger partial charge in [0.15, 0.2) is 5.75 Å². The first kappa shape index (κ1) is 18.2. The zero-order valence-corrected chi connectivity index (χ0v) is 15.2. The summed E-state index contributed by atoms with van der Waals surface area (Å²) in [5.41, 5.74) is 0.797. The number of methoxy groups -OCH3 is 1. The molecular formula is C16H15ClF2INO2. The maximum atomic E-state index is 13.2. The van der Waals surface area contributed by atoms with Crippen molar-refractivity contribution in [3.05, 3.63) is 50.7 Å². The van der Waals surface area contributed by atoms with E-state index in [1.54, 1.807) is 30.3 Å². The lowest BCUT2D eigenvalue weighted by Crippen LogP contribution is -2.22. The third-order valence-electron chi connectivity index (χ3n) is 3.22. The molecule has 1 atom stereocenters. The summed E-state index contributed by atoms with van der Waals surface area (Å²) in [5.74, 6) is 0.00978. The van der Waals surface area contributed by atoms with Gasteiger partial charge in [-0.15, -0.1) is 0 Å². The molecule has 0 aliphatic carbocycles. The Morgan fingerprint density at radius 1 is 1.26 bits per heavy atom. The third kappa shape index (κ3) is 5.46. The maximum absolute atomic E-state index is 13.2. The van der Waals surface area contributed by atoms with Crippen LogP contribution < -0.4 is 9.47 Å². The zero-order valence-electron chi connectivity index (χ0n) is 12.3. The Morgan fingerprint density at radius 3 is 2.52 bits per heavy atom. The topological polar surface area (TPSA) is 31.4 Å². The van der Waals surface area contributed by atoms with E-state index < -0.39 is 12.3 Å². The average molecular weight is 454 g/mol. The number of hydrogen-bond donors (Lipinski definition) is 0. The zero-order chi connectivity index (χ0) is 16.8. The predicted octanol–water partition coefficient (Wildman–Crippen LogP) is 4.85. The molecule has 0 radical (unpaired) electrons. The first-order chi connectivity index (χ1) is 11.0. The Hall–Kier alpha value is -1.15. The lowest BCUT2D eigenvalue weighted by molar-refractivity contribution is 0.0479. The molecular weight excluding hydrogens is 439 g/mol. The number of halogens is 4. The van der Waals surface area contributed by atoms with Gasteiger partial charge in [-0.05, 0) is 46.7 Å². The molecule has 0 spiro atoms. The largest absolute Gasteiger partial charge is 0.490 e. The molecule has 124 valence electrons. The molecule has 0 amide bonds. The number of alkyl halides is 2. The summed E-state index contributed by atoms with van der Waals surface area (Å²) in [6.07, 6.45) is -0.782. The predicted molar refractivity (Wildman–Crippen MR) is 93.7 cm³/mol. The van der Waals surface area contributed by atoms with Crippen LogP contribution in [-0.4, -0.2) is 25.1 Å². The fourth-order valence-electron chi connectivity index (χ4n) is 1.96. The Kier molecular flexibility index (Phi) is 6.83. The van der Waals surface area contributed by atoms with Gasteiger partial charge in [0.1, 0.15) is 0 Å². The molecule has 3 nitrogen and oxygen atoms in total. The van der Waals surface area contributed by atoms with Crippen molar-refractivity contribution >= 4 is 34.2 Å². The fraction of sp³-hybridized carbons (Fsp3) is 0.312. The van der Waals surface area contributed by atoms with Crippen LogP contribution in [0.3, 0.4) is 0 Å². The number of rotatable bonds is 7. The van der Waals surface area contributed by atoms with Crippen LogP contribution in [0.2, 0.25) is 5.02 Å². The number of nitrogens with zero attached hydrogens (tertiary/aromatic N) is 1. The van der Waals surface area contributed by atoms with E-state index in [2.05, 4.69) is 27.6 Å². The molecule has 0 saturated carbocycles. The van der Waals surface area contributed by atoms with Gasteiger partial charge in [0, 0.05) is 11.1 Å². The van der Waals surface area contributed by atoms with Crippen LogP contribution >= 0.6 is 34.2 Å². The first-order valence-electron chi connectivity index (χ1n) is 6.84. The molecule has 0 bridgehead atoms. The smallest absolute Gasteiger partial charge is 0.245 e. The van der Waals surface area contributed by atoms with E-state index in [0.29, 0.717) is 16.7 Å². The number of pyridine rings is 1. The molecule has 2 rings (SSSR count). The Morgan fingerprint density at radius 2 is 1.96 bits per heavy atom. The second-order valence-corrected chi connectivity index (χ2v) is 6.49. The normalized spacial score (nSPS) is 12.3. The summed E-state index contributed by atoms with van der Waals surface area (Å²) < 4.78 is 37.8. The summed E-state index contributed by atoms with van der Waals surface area (Å²) in [6, 6.07) is 8.56. The fourth-order valence-corrected chi connectivity index (χ4v) is 2.65. The summed E-state index contributed by atoms with van der Waals surface area (Å²) >= 11 is 7.86. The van der Waals surface area contributed by atoms with Crippen LogP contribution in [-0.2, 0) is 6.42 Å². The summed E-state index contributed by atoms with van der Waals surface area (Å²) in [5, 5.41) is 0.581. The SMILES string of the molecule is COc1cc(I)c(OCC(Cc2ccc(Cl)cc2)C(F)F)cn1. The van der Waals surface area contributed by atoms with Gasteiger partial charge in [0.2, 0.25) is 12.3 Å². The standard InChI is InChI=1S/C16H15ClF2INO2/c1-22-15-7-13(20)14(8-21-15)23-9-11(16(18)19)6-10-2-4-12(17)5-3-10/h2-5,7-8,11,16H,6,9H2,1H3. The Balaban J connectivity index is 2.01.